The van der Waals surface area contributed by atoms with E-state index in [1.165, 1.54) is 6.08 Å². The summed E-state index contributed by atoms with van der Waals surface area (Å²) in [7, 11) is 0. The number of imide groups is 1. The summed E-state index contributed by atoms with van der Waals surface area (Å²) in [6, 6.07) is 8.19. The van der Waals surface area contributed by atoms with Gasteiger partial charge < -0.3 is 9.73 Å². The van der Waals surface area contributed by atoms with E-state index in [-0.39, 0.29) is 11.6 Å². The third kappa shape index (κ3) is 2.98. The fourth-order valence-electron chi connectivity index (χ4n) is 2.24. The summed E-state index contributed by atoms with van der Waals surface area (Å²) in [5, 5.41) is 3.41. The number of benzene rings is 1. The summed E-state index contributed by atoms with van der Waals surface area (Å²) in [4.78, 5) is 24.7. The Bertz CT molecular complexity index is 826. The summed E-state index contributed by atoms with van der Waals surface area (Å²) in [6.07, 6.45) is 1.50. The first-order valence-corrected chi connectivity index (χ1v) is 7.65. The maximum absolute atomic E-state index is 12.0. The van der Waals surface area contributed by atoms with Gasteiger partial charge in [0.05, 0.1) is 10.0 Å². The molecule has 0 bridgehead atoms. The summed E-state index contributed by atoms with van der Waals surface area (Å²) in [6.45, 7) is 2.05. The normalized spacial score (nSPS) is 16.3. The highest BCUT2D eigenvalue weighted by Crippen LogP contribution is 2.30. The van der Waals surface area contributed by atoms with Gasteiger partial charge in [-0.3, -0.25) is 9.69 Å². The lowest BCUT2D eigenvalue weighted by atomic mass is 10.2. The number of hydrogen-bond acceptors (Lipinski definition) is 3. The highest BCUT2D eigenvalue weighted by atomic mass is 35.5. The van der Waals surface area contributed by atoms with Gasteiger partial charge in [-0.2, -0.15) is 0 Å². The third-order valence-electron chi connectivity index (χ3n) is 3.40. The minimum absolute atomic E-state index is 0.187. The molecule has 118 valence electrons. The maximum Gasteiger partial charge on any atom is 0.328 e. The van der Waals surface area contributed by atoms with Crippen LogP contribution < -0.4 is 5.32 Å². The molecule has 1 aliphatic rings. The van der Waals surface area contributed by atoms with Gasteiger partial charge in [-0.25, -0.2) is 4.79 Å². The molecular weight excluding hydrogens is 339 g/mol. The van der Waals surface area contributed by atoms with E-state index < -0.39 is 6.03 Å². The number of amides is 3. The van der Waals surface area contributed by atoms with E-state index in [9.17, 15) is 9.59 Å². The van der Waals surface area contributed by atoms with Gasteiger partial charge >= 0.3 is 6.03 Å². The fourth-order valence-corrected chi connectivity index (χ4v) is 2.53. The Morgan fingerprint density at radius 3 is 2.61 bits per heavy atom. The molecule has 0 spiro atoms. The predicted molar refractivity (Wildman–Crippen MR) is 88.1 cm³/mol. The van der Waals surface area contributed by atoms with Gasteiger partial charge in [-0.05, 0) is 37.3 Å². The molecule has 3 amide bonds. The van der Waals surface area contributed by atoms with Crippen LogP contribution in [-0.2, 0) is 4.79 Å². The molecule has 0 unspecified atom stereocenters. The van der Waals surface area contributed by atoms with Crippen molar-refractivity contribution in [3.05, 3.63) is 51.8 Å². The Morgan fingerprint density at radius 2 is 1.96 bits per heavy atom. The van der Waals surface area contributed by atoms with Crippen molar-refractivity contribution in [3.8, 4) is 11.3 Å². The van der Waals surface area contributed by atoms with Gasteiger partial charge in [-0.15, -0.1) is 0 Å². The van der Waals surface area contributed by atoms with Crippen molar-refractivity contribution in [1.82, 2.24) is 10.2 Å². The van der Waals surface area contributed by atoms with Crippen LogP contribution in [0.15, 0.2) is 40.4 Å². The molecule has 5 nitrogen and oxygen atoms in total. The molecule has 0 saturated carbocycles. The van der Waals surface area contributed by atoms with E-state index in [1.807, 2.05) is 0 Å². The van der Waals surface area contributed by atoms with Crippen molar-refractivity contribution in [1.29, 1.82) is 0 Å². The summed E-state index contributed by atoms with van der Waals surface area (Å²) < 4.78 is 5.68. The standard InChI is InChI=1S/C16H12Cl2N2O3/c1-2-20-15(21)13(19-16(20)22)8-10-4-6-14(23-10)9-3-5-11(17)12(18)7-9/h3-8H,2H2,1H3,(H,19,22)/b13-8-. The van der Waals surface area contributed by atoms with Gasteiger partial charge in [0.25, 0.3) is 5.91 Å². The summed E-state index contributed by atoms with van der Waals surface area (Å²) in [5.41, 5.74) is 0.952. The lowest BCUT2D eigenvalue weighted by Gasteiger charge is -2.05. The first-order chi connectivity index (χ1) is 11.0. The van der Waals surface area contributed by atoms with Gasteiger partial charge in [0.15, 0.2) is 0 Å². The van der Waals surface area contributed by atoms with Crippen LogP contribution in [-0.4, -0.2) is 23.4 Å². The molecule has 1 aromatic heterocycles. The second-order valence-electron chi connectivity index (χ2n) is 4.87. The SMILES string of the molecule is CCN1C(=O)N/C(=C\c2ccc(-c3ccc(Cl)c(Cl)c3)o2)C1=O. The maximum atomic E-state index is 12.0. The first kappa shape index (κ1) is 15.6. The van der Waals surface area contributed by atoms with Crippen molar-refractivity contribution in [2.24, 2.45) is 0 Å². The Labute approximate surface area is 142 Å². The van der Waals surface area contributed by atoms with Gasteiger partial charge in [0, 0.05) is 18.2 Å². The van der Waals surface area contributed by atoms with E-state index >= 15 is 0 Å². The zero-order valence-corrected chi connectivity index (χ0v) is 13.6. The molecule has 1 aromatic carbocycles. The zero-order valence-electron chi connectivity index (χ0n) is 12.1. The Balaban J connectivity index is 1.88. The van der Waals surface area contributed by atoms with Crippen LogP contribution in [0.25, 0.3) is 17.4 Å². The predicted octanol–water partition coefficient (Wildman–Crippen LogP) is 4.17. The van der Waals surface area contributed by atoms with Crippen molar-refractivity contribution in [3.63, 3.8) is 0 Å². The molecule has 3 rings (SSSR count). The van der Waals surface area contributed by atoms with Gasteiger partial charge in [0.1, 0.15) is 17.2 Å². The van der Waals surface area contributed by atoms with Crippen LogP contribution in [0, 0.1) is 0 Å². The van der Waals surface area contributed by atoms with E-state index in [1.54, 1.807) is 37.3 Å². The van der Waals surface area contributed by atoms with Crippen LogP contribution in [0.2, 0.25) is 10.0 Å². The smallest absolute Gasteiger partial charge is 0.328 e. The molecule has 0 aliphatic carbocycles. The highest BCUT2D eigenvalue weighted by molar-refractivity contribution is 6.42. The van der Waals surface area contributed by atoms with E-state index in [0.29, 0.717) is 28.1 Å². The minimum Gasteiger partial charge on any atom is -0.457 e. The molecule has 2 aromatic rings. The topological polar surface area (TPSA) is 62.6 Å². The second kappa shape index (κ2) is 6.10. The Hall–Kier alpha value is -2.24. The van der Waals surface area contributed by atoms with Crippen molar-refractivity contribution < 1.29 is 14.0 Å². The average Bonchev–Trinajstić information content (AvgIpc) is 3.08. The van der Waals surface area contributed by atoms with Gasteiger partial charge in [-0.1, -0.05) is 23.2 Å². The van der Waals surface area contributed by atoms with Crippen molar-refractivity contribution in [2.45, 2.75) is 6.92 Å². The molecule has 0 radical (unpaired) electrons. The second-order valence-corrected chi connectivity index (χ2v) is 5.68. The van der Waals surface area contributed by atoms with Crippen LogP contribution >= 0.6 is 23.2 Å². The van der Waals surface area contributed by atoms with Gasteiger partial charge in [0.2, 0.25) is 0 Å². The summed E-state index contributed by atoms with van der Waals surface area (Å²) in [5.74, 6) is 0.664. The quantitative estimate of drug-likeness (QED) is 0.667. The van der Waals surface area contributed by atoms with Crippen molar-refractivity contribution in [2.75, 3.05) is 6.54 Å². The van der Waals surface area contributed by atoms with Crippen molar-refractivity contribution >= 4 is 41.2 Å². The van der Waals surface area contributed by atoms with Crippen LogP contribution in [0.4, 0.5) is 4.79 Å². The first-order valence-electron chi connectivity index (χ1n) is 6.89. The number of nitrogens with zero attached hydrogens (tertiary/aromatic N) is 1. The van der Waals surface area contributed by atoms with Crippen LogP contribution in [0.5, 0.6) is 0 Å². The molecule has 1 saturated heterocycles. The molecular formula is C16H12Cl2N2O3. The monoisotopic (exact) mass is 350 g/mol. The fraction of sp³-hybridized carbons (Fsp3) is 0.125. The number of likely N-dealkylation sites (N-methyl/N-ethyl adjacent to an activating group) is 1. The molecule has 7 heteroatoms. The highest BCUT2D eigenvalue weighted by Gasteiger charge is 2.32. The van der Waals surface area contributed by atoms with E-state index in [2.05, 4.69) is 5.32 Å². The third-order valence-corrected chi connectivity index (χ3v) is 4.14. The number of halogens is 2. The average molecular weight is 351 g/mol. The lowest BCUT2D eigenvalue weighted by molar-refractivity contribution is -0.122. The van der Waals surface area contributed by atoms with Crippen LogP contribution in [0.3, 0.4) is 0 Å². The van der Waals surface area contributed by atoms with Crippen LogP contribution in [0.1, 0.15) is 12.7 Å². The number of carbonyl (C=O) groups is 2. The Morgan fingerprint density at radius 1 is 1.17 bits per heavy atom. The van der Waals surface area contributed by atoms with E-state index in [0.717, 1.165) is 10.5 Å². The molecule has 0 atom stereocenters. The Kier molecular flexibility index (Phi) is 4.15. The molecule has 2 heterocycles. The molecule has 1 N–H and O–H groups in total. The largest absolute Gasteiger partial charge is 0.457 e. The minimum atomic E-state index is -0.431. The molecule has 1 aliphatic heterocycles. The zero-order chi connectivity index (χ0) is 16.6. The summed E-state index contributed by atoms with van der Waals surface area (Å²) >= 11 is 11.9. The lowest BCUT2D eigenvalue weighted by Crippen LogP contribution is -2.30. The number of carbonyl (C=O) groups excluding carboxylic acids is 2. The number of hydrogen-bond donors (Lipinski definition) is 1. The number of nitrogens with one attached hydrogen (secondary N) is 1. The molecule has 23 heavy (non-hydrogen) atoms. The number of urea groups is 1. The number of furan rings is 1. The number of rotatable bonds is 3. The van der Waals surface area contributed by atoms with E-state index in [4.69, 9.17) is 27.6 Å². The molecule has 1 fully saturated rings.